The summed E-state index contributed by atoms with van der Waals surface area (Å²) in [4.78, 5) is 0. The molecule has 0 heterocycles. The molecule has 0 aromatic heterocycles. The molecule has 0 fully saturated rings. The van der Waals surface area contributed by atoms with Gasteiger partial charge in [-0.2, -0.15) is 0 Å². The normalized spacial score (nSPS) is 12.4. The van der Waals surface area contributed by atoms with Gasteiger partial charge in [-0.15, -0.1) is 0 Å². The first-order valence-corrected chi connectivity index (χ1v) is 6.76. The smallest absolute Gasteiger partial charge is 0.123 e. The lowest BCUT2D eigenvalue weighted by molar-refractivity contribution is 0.623. The van der Waals surface area contributed by atoms with Crippen molar-refractivity contribution in [2.24, 2.45) is 5.73 Å². The summed E-state index contributed by atoms with van der Waals surface area (Å²) in [5.41, 5.74) is 7.68. The maximum absolute atomic E-state index is 12.9. The lowest BCUT2D eigenvalue weighted by Gasteiger charge is -2.17. The van der Waals surface area contributed by atoms with Gasteiger partial charge in [0, 0.05) is 16.0 Å². The fourth-order valence-electron chi connectivity index (χ4n) is 2.05. The van der Waals surface area contributed by atoms with Gasteiger partial charge in [0.25, 0.3) is 0 Å². The molecule has 0 bridgehead atoms. The fourth-order valence-corrected chi connectivity index (χ4v) is 2.60. The second-order valence-electron chi connectivity index (χ2n) is 4.39. The van der Waals surface area contributed by atoms with Gasteiger partial charge in [0.05, 0.1) is 0 Å². The molecule has 1 nitrogen and oxygen atoms in total. The molecule has 19 heavy (non-hydrogen) atoms. The van der Waals surface area contributed by atoms with Crippen molar-refractivity contribution in [3.05, 3.63) is 69.5 Å². The van der Waals surface area contributed by atoms with E-state index in [0.717, 1.165) is 11.1 Å². The molecule has 1 atom stereocenters. The van der Waals surface area contributed by atoms with Crippen LogP contribution < -0.4 is 5.73 Å². The SMILES string of the molecule is NCC(Cc1c(Cl)cccc1Cl)c1ccc(F)cc1. The van der Waals surface area contributed by atoms with Gasteiger partial charge in [-0.25, -0.2) is 4.39 Å². The molecule has 100 valence electrons. The van der Waals surface area contributed by atoms with Crippen LogP contribution in [0.5, 0.6) is 0 Å². The molecule has 0 aliphatic carbocycles. The molecule has 2 aromatic carbocycles. The van der Waals surface area contributed by atoms with Crippen molar-refractivity contribution < 1.29 is 4.39 Å². The van der Waals surface area contributed by atoms with Crippen LogP contribution in [0.1, 0.15) is 17.0 Å². The summed E-state index contributed by atoms with van der Waals surface area (Å²) in [6, 6.07) is 11.8. The molecule has 0 aliphatic rings. The van der Waals surface area contributed by atoms with Gasteiger partial charge in [0.1, 0.15) is 5.82 Å². The summed E-state index contributed by atoms with van der Waals surface area (Å²) in [6.45, 7) is 0.452. The van der Waals surface area contributed by atoms with E-state index in [1.165, 1.54) is 12.1 Å². The van der Waals surface area contributed by atoms with Crippen molar-refractivity contribution in [2.75, 3.05) is 6.54 Å². The van der Waals surface area contributed by atoms with E-state index >= 15 is 0 Å². The number of hydrogen-bond donors (Lipinski definition) is 1. The molecule has 2 aromatic rings. The Bertz CT molecular complexity index is 534. The summed E-state index contributed by atoms with van der Waals surface area (Å²) >= 11 is 12.3. The summed E-state index contributed by atoms with van der Waals surface area (Å²) in [6.07, 6.45) is 0.640. The Morgan fingerprint density at radius 2 is 1.58 bits per heavy atom. The standard InChI is InChI=1S/C15H14Cl2FN/c16-14-2-1-3-15(17)13(14)8-11(9-19)10-4-6-12(18)7-5-10/h1-7,11H,8-9,19H2. The van der Waals surface area contributed by atoms with Crippen molar-refractivity contribution in [1.29, 1.82) is 0 Å². The first-order chi connectivity index (χ1) is 9.11. The lowest BCUT2D eigenvalue weighted by Crippen LogP contribution is -2.15. The monoisotopic (exact) mass is 297 g/mol. The predicted octanol–water partition coefficient (Wildman–Crippen LogP) is 4.42. The highest BCUT2D eigenvalue weighted by atomic mass is 35.5. The van der Waals surface area contributed by atoms with Crippen molar-refractivity contribution >= 4 is 23.2 Å². The maximum atomic E-state index is 12.9. The third-order valence-corrected chi connectivity index (χ3v) is 3.85. The number of nitrogens with two attached hydrogens (primary N) is 1. The molecule has 2 rings (SSSR count). The van der Waals surface area contributed by atoms with Crippen LogP contribution in [-0.4, -0.2) is 6.54 Å². The number of halogens is 3. The number of benzene rings is 2. The van der Waals surface area contributed by atoms with Crippen molar-refractivity contribution in [3.63, 3.8) is 0 Å². The fraction of sp³-hybridized carbons (Fsp3) is 0.200. The van der Waals surface area contributed by atoms with E-state index in [0.29, 0.717) is 23.0 Å². The molecule has 0 radical (unpaired) electrons. The molecule has 0 saturated heterocycles. The first kappa shape index (κ1) is 14.3. The van der Waals surface area contributed by atoms with E-state index in [1.54, 1.807) is 24.3 Å². The van der Waals surface area contributed by atoms with E-state index < -0.39 is 0 Å². The molecular formula is C15H14Cl2FN. The van der Waals surface area contributed by atoms with Crippen LogP contribution in [-0.2, 0) is 6.42 Å². The molecule has 0 amide bonds. The number of hydrogen-bond acceptors (Lipinski definition) is 1. The van der Waals surface area contributed by atoms with Crippen LogP contribution in [0, 0.1) is 5.82 Å². The highest BCUT2D eigenvalue weighted by Gasteiger charge is 2.15. The van der Waals surface area contributed by atoms with Gasteiger partial charge in [-0.1, -0.05) is 41.4 Å². The average molecular weight is 298 g/mol. The zero-order valence-electron chi connectivity index (χ0n) is 10.2. The second-order valence-corrected chi connectivity index (χ2v) is 5.20. The third-order valence-electron chi connectivity index (χ3n) is 3.14. The quantitative estimate of drug-likeness (QED) is 0.888. The Labute approximate surface area is 122 Å². The van der Waals surface area contributed by atoms with Crippen LogP contribution in [0.4, 0.5) is 4.39 Å². The van der Waals surface area contributed by atoms with Crippen LogP contribution in [0.25, 0.3) is 0 Å². The molecule has 1 unspecified atom stereocenters. The molecular weight excluding hydrogens is 284 g/mol. The zero-order chi connectivity index (χ0) is 13.8. The third kappa shape index (κ3) is 3.47. The van der Waals surface area contributed by atoms with Crippen LogP contribution in [0.3, 0.4) is 0 Å². The highest BCUT2D eigenvalue weighted by Crippen LogP contribution is 2.30. The van der Waals surface area contributed by atoms with Gasteiger partial charge < -0.3 is 5.73 Å². The summed E-state index contributed by atoms with van der Waals surface area (Å²) in [5, 5.41) is 1.26. The lowest BCUT2D eigenvalue weighted by atomic mass is 9.92. The average Bonchev–Trinajstić information content (AvgIpc) is 2.40. The van der Waals surface area contributed by atoms with E-state index in [9.17, 15) is 4.39 Å². The summed E-state index contributed by atoms with van der Waals surface area (Å²) in [5.74, 6) is -0.187. The van der Waals surface area contributed by atoms with Crippen molar-refractivity contribution in [3.8, 4) is 0 Å². The minimum absolute atomic E-state index is 0.0676. The van der Waals surface area contributed by atoms with Gasteiger partial charge in [0.2, 0.25) is 0 Å². The largest absolute Gasteiger partial charge is 0.330 e. The molecule has 4 heteroatoms. The Balaban J connectivity index is 2.26. The van der Waals surface area contributed by atoms with Gasteiger partial charge >= 0.3 is 0 Å². The second kappa shape index (κ2) is 6.38. The topological polar surface area (TPSA) is 26.0 Å². The zero-order valence-corrected chi connectivity index (χ0v) is 11.8. The molecule has 0 aliphatic heterocycles. The Hall–Kier alpha value is -1.09. The number of rotatable bonds is 4. The minimum Gasteiger partial charge on any atom is -0.330 e. The predicted molar refractivity (Wildman–Crippen MR) is 78.4 cm³/mol. The highest BCUT2D eigenvalue weighted by molar-refractivity contribution is 6.36. The first-order valence-electron chi connectivity index (χ1n) is 6.00. The van der Waals surface area contributed by atoms with Crippen molar-refractivity contribution in [1.82, 2.24) is 0 Å². The van der Waals surface area contributed by atoms with E-state index in [2.05, 4.69) is 0 Å². The minimum atomic E-state index is -0.254. The Kier molecular flexibility index (Phi) is 4.81. The maximum Gasteiger partial charge on any atom is 0.123 e. The van der Waals surface area contributed by atoms with Crippen LogP contribution >= 0.6 is 23.2 Å². The molecule has 0 spiro atoms. The van der Waals surface area contributed by atoms with Gasteiger partial charge in [0.15, 0.2) is 0 Å². The van der Waals surface area contributed by atoms with Crippen LogP contribution in [0.15, 0.2) is 42.5 Å². The van der Waals surface area contributed by atoms with Gasteiger partial charge in [-0.05, 0) is 48.4 Å². The van der Waals surface area contributed by atoms with Crippen LogP contribution in [0.2, 0.25) is 10.0 Å². The summed E-state index contributed by atoms with van der Waals surface area (Å²) < 4.78 is 12.9. The van der Waals surface area contributed by atoms with E-state index in [1.807, 2.05) is 6.07 Å². The summed E-state index contributed by atoms with van der Waals surface area (Å²) in [7, 11) is 0. The van der Waals surface area contributed by atoms with Crippen molar-refractivity contribution in [2.45, 2.75) is 12.3 Å². The van der Waals surface area contributed by atoms with E-state index in [-0.39, 0.29) is 11.7 Å². The molecule has 0 saturated carbocycles. The van der Waals surface area contributed by atoms with E-state index in [4.69, 9.17) is 28.9 Å². The Morgan fingerprint density at radius 1 is 1.00 bits per heavy atom. The Morgan fingerprint density at radius 3 is 2.11 bits per heavy atom. The molecule has 2 N–H and O–H groups in total. The van der Waals surface area contributed by atoms with Gasteiger partial charge in [-0.3, -0.25) is 0 Å².